The first-order valence-corrected chi connectivity index (χ1v) is 13.9. The van der Waals surface area contributed by atoms with Crippen LogP contribution >= 0.6 is 0 Å². The van der Waals surface area contributed by atoms with Gasteiger partial charge in [0.1, 0.15) is 11.9 Å². The molecule has 5 rings (SSSR count). The first-order valence-electron chi connectivity index (χ1n) is 13.9. The van der Waals surface area contributed by atoms with Gasteiger partial charge in [-0.05, 0) is 69.0 Å². The standard InChI is InChI=1S/C30H39FN4O3/c1-22-5-7-23(8-6-22)19-34(21-27-4-2-17-38-27)26-18-28(30(37)33-15-3-13-32-14-16-33)35(20-26)29(36)24-9-11-25(31)12-10-24/h5-12,26-28,32H,2-4,13-21H2,1H3. The Morgan fingerprint density at radius 1 is 1.05 bits per heavy atom. The van der Waals surface area contributed by atoms with Crippen LogP contribution in [-0.2, 0) is 16.1 Å². The molecule has 2 aromatic rings. The molecule has 1 N–H and O–H groups in total. The molecule has 3 unspecified atom stereocenters. The summed E-state index contributed by atoms with van der Waals surface area (Å²) < 4.78 is 19.6. The van der Waals surface area contributed by atoms with E-state index in [9.17, 15) is 14.0 Å². The van der Waals surface area contributed by atoms with E-state index in [4.69, 9.17) is 4.74 Å². The SMILES string of the molecule is Cc1ccc(CN(CC2CCCO2)C2CC(C(=O)N3CCCNCC3)N(C(=O)c3ccc(F)cc3)C2)cc1. The Morgan fingerprint density at radius 3 is 2.58 bits per heavy atom. The maximum absolute atomic E-state index is 13.9. The monoisotopic (exact) mass is 522 g/mol. The van der Waals surface area contributed by atoms with Crippen molar-refractivity contribution in [1.82, 2.24) is 20.0 Å². The van der Waals surface area contributed by atoms with Crippen molar-refractivity contribution in [2.24, 2.45) is 0 Å². The first-order chi connectivity index (χ1) is 18.5. The molecule has 3 saturated heterocycles. The highest BCUT2D eigenvalue weighted by Gasteiger charge is 2.44. The highest BCUT2D eigenvalue weighted by Crippen LogP contribution is 2.29. The minimum Gasteiger partial charge on any atom is -0.377 e. The van der Waals surface area contributed by atoms with Gasteiger partial charge in [0, 0.05) is 57.5 Å². The smallest absolute Gasteiger partial charge is 0.254 e. The van der Waals surface area contributed by atoms with E-state index in [1.165, 1.54) is 35.4 Å². The molecule has 2 amide bonds. The quantitative estimate of drug-likeness (QED) is 0.605. The van der Waals surface area contributed by atoms with Crippen molar-refractivity contribution < 1.29 is 18.7 Å². The van der Waals surface area contributed by atoms with E-state index < -0.39 is 6.04 Å². The molecule has 3 aliphatic heterocycles. The van der Waals surface area contributed by atoms with Crippen LogP contribution in [0.15, 0.2) is 48.5 Å². The van der Waals surface area contributed by atoms with E-state index in [0.717, 1.165) is 52.0 Å². The van der Waals surface area contributed by atoms with Gasteiger partial charge in [-0.25, -0.2) is 4.39 Å². The number of hydrogen-bond acceptors (Lipinski definition) is 5. The zero-order valence-electron chi connectivity index (χ0n) is 22.3. The fourth-order valence-corrected chi connectivity index (χ4v) is 5.89. The van der Waals surface area contributed by atoms with Gasteiger partial charge in [-0.3, -0.25) is 14.5 Å². The molecule has 7 nitrogen and oxygen atoms in total. The third kappa shape index (κ3) is 6.42. The number of rotatable bonds is 7. The number of halogens is 1. The topological polar surface area (TPSA) is 65.1 Å². The second-order valence-electron chi connectivity index (χ2n) is 10.8. The Hall–Kier alpha value is -2.81. The van der Waals surface area contributed by atoms with E-state index in [1.54, 1.807) is 4.90 Å². The van der Waals surface area contributed by atoms with Crippen LogP contribution in [0.25, 0.3) is 0 Å². The van der Waals surface area contributed by atoms with E-state index in [0.29, 0.717) is 31.6 Å². The van der Waals surface area contributed by atoms with E-state index in [-0.39, 0.29) is 29.8 Å². The van der Waals surface area contributed by atoms with E-state index in [1.807, 2.05) is 4.90 Å². The van der Waals surface area contributed by atoms with Crippen molar-refractivity contribution in [3.63, 3.8) is 0 Å². The van der Waals surface area contributed by atoms with Gasteiger partial charge in [0.2, 0.25) is 5.91 Å². The molecule has 0 aliphatic carbocycles. The van der Waals surface area contributed by atoms with E-state index >= 15 is 0 Å². The number of carbonyl (C=O) groups is 2. The third-order valence-corrected chi connectivity index (χ3v) is 8.05. The van der Waals surface area contributed by atoms with Crippen LogP contribution in [0.5, 0.6) is 0 Å². The molecule has 0 saturated carbocycles. The molecule has 0 spiro atoms. The fourth-order valence-electron chi connectivity index (χ4n) is 5.89. The Morgan fingerprint density at radius 2 is 1.84 bits per heavy atom. The average Bonchev–Trinajstić information content (AvgIpc) is 3.52. The summed E-state index contributed by atoms with van der Waals surface area (Å²) in [6, 6.07) is 13.7. The number of carbonyl (C=O) groups excluding carboxylic acids is 2. The fraction of sp³-hybridized carbons (Fsp3) is 0.533. The average molecular weight is 523 g/mol. The molecule has 0 aromatic heterocycles. The van der Waals surface area contributed by atoms with Crippen LogP contribution < -0.4 is 5.32 Å². The zero-order chi connectivity index (χ0) is 26.5. The summed E-state index contributed by atoms with van der Waals surface area (Å²) in [5, 5.41) is 3.35. The molecule has 3 fully saturated rings. The van der Waals surface area contributed by atoms with Crippen molar-refractivity contribution in [1.29, 1.82) is 0 Å². The van der Waals surface area contributed by atoms with Crippen molar-refractivity contribution in [2.45, 2.75) is 57.3 Å². The predicted octanol–water partition coefficient (Wildman–Crippen LogP) is 3.22. The highest BCUT2D eigenvalue weighted by molar-refractivity contribution is 5.98. The molecule has 204 valence electrons. The van der Waals surface area contributed by atoms with Crippen LogP contribution in [-0.4, -0.2) is 90.6 Å². The Balaban J connectivity index is 1.41. The van der Waals surface area contributed by atoms with Gasteiger partial charge in [-0.15, -0.1) is 0 Å². The molecular formula is C30H39FN4O3. The second kappa shape index (κ2) is 12.4. The maximum Gasteiger partial charge on any atom is 0.254 e. The van der Waals surface area contributed by atoms with Gasteiger partial charge < -0.3 is 19.9 Å². The molecule has 3 atom stereocenters. The molecule has 0 radical (unpaired) electrons. The van der Waals surface area contributed by atoms with Crippen molar-refractivity contribution in [3.05, 3.63) is 71.0 Å². The summed E-state index contributed by atoms with van der Waals surface area (Å²) in [4.78, 5) is 33.6. The lowest BCUT2D eigenvalue weighted by atomic mass is 10.1. The van der Waals surface area contributed by atoms with Gasteiger partial charge in [-0.1, -0.05) is 29.8 Å². The Bertz CT molecular complexity index is 1080. The zero-order valence-corrected chi connectivity index (χ0v) is 22.3. The number of hydrogen-bond donors (Lipinski definition) is 1. The summed E-state index contributed by atoms with van der Waals surface area (Å²) in [6.07, 6.45) is 3.72. The van der Waals surface area contributed by atoms with E-state index in [2.05, 4.69) is 41.4 Å². The number of nitrogens with one attached hydrogen (secondary N) is 1. The molecule has 3 heterocycles. The lowest BCUT2D eigenvalue weighted by Gasteiger charge is -2.31. The van der Waals surface area contributed by atoms with Gasteiger partial charge in [0.25, 0.3) is 5.91 Å². The number of benzene rings is 2. The van der Waals surface area contributed by atoms with Crippen molar-refractivity contribution in [3.8, 4) is 0 Å². The van der Waals surface area contributed by atoms with Crippen molar-refractivity contribution >= 4 is 11.8 Å². The summed E-state index contributed by atoms with van der Waals surface area (Å²) in [5.41, 5.74) is 2.83. The van der Waals surface area contributed by atoms with Gasteiger partial charge >= 0.3 is 0 Å². The summed E-state index contributed by atoms with van der Waals surface area (Å²) in [7, 11) is 0. The molecule has 8 heteroatoms. The number of aryl methyl sites for hydroxylation is 1. The Kier molecular flexibility index (Phi) is 8.72. The number of ether oxygens (including phenoxy) is 1. The summed E-state index contributed by atoms with van der Waals surface area (Å²) in [6.45, 7) is 7.80. The number of nitrogens with zero attached hydrogens (tertiary/aromatic N) is 3. The molecular weight excluding hydrogens is 483 g/mol. The van der Waals surface area contributed by atoms with Crippen LogP contribution in [0, 0.1) is 12.7 Å². The summed E-state index contributed by atoms with van der Waals surface area (Å²) in [5.74, 6) is -0.586. The van der Waals surface area contributed by atoms with Gasteiger partial charge in [0.15, 0.2) is 0 Å². The first kappa shape index (κ1) is 26.8. The lowest BCUT2D eigenvalue weighted by Crippen LogP contribution is -2.48. The second-order valence-corrected chi connectivity index (χ2v) is 10.8. The van der Waals surface area contributed by atoms with Crippen LogP contribution in [0.3, 0.4) is 0 Å². The largest absolute Gasteiger partial charge is 0.377 e. The summed E-state index contributed by atoms with van der Waals surface area (Å²) >= 11 is 0. The van der Waals surface area contributed by atoms with Crippen LogP contribution in [0.4, 0.5) is 4.39 Å². The normalized spacial score (nSPS) is 24.1. The lowest BCUT2D eigenvalue weighted by molar-refractivity contribution is -0.135. The highest BCUT2D eigenvalue weighted by atomic mass is 19.1. The maximum atomic E-state index is 13.9. The van der Waals surface area contributed by atoms with Crippen molar-refractivity contribution in [2.75, 3.05) is 45.9 Å². The number of amides is 2. The number of likely N-dealkylation sites (tertiary alicyclic amines) is 1. The Labute approximate surface area is 224 Å². The van der Waals surface area contributed by atoms with Crippen LogP contribution in [0.2, 0.25) is 0 Å². The van der Waals surface area contributed by atoms with Gasteiger partial charge in [-0.2, -0.15) is 0 Å². The minimum absolute atomic E-state index is 0.0130. The minimum atomic E-state index is -0.541. The molecule has 3 aliphatic rings. The molecule has 38 heavy (non-hydrogen) atoms. The molecule has 2 aromatic carbocycles. The van der Waals surface area contributed by atoms with Crippen LogP contribution in [0.1, 0.15) is 47.2 Å². The molecule has 0 bridgehead atoms. The third-order valence-electron chi connectivity index (χ3n) is 8.05. The van der Waals surface area contributed by atoms with Gasteiger partial charge in [0.05, 0.1) is 6.10 Å². The predicted molar refractivity (Wildman–Crippen MR) is 144 cm³/mol.